The largest absolute Gasteiger partial charge is 0.455 e. The Kier molecular flexibility index (Phi) is 7.28. The summed E-state index contributed by atoms with van der Waals surface area (Å²) in [6, 6.07) is 73.6. The lowest BCUT2D eigenvalue weighted by Crippen LogP contribution is -2.10. The van der Waals surface area contributed by atoms with Gasteiger partial charge in [-0.25, -0.2) is 0 Å². The third kappa shape index (κ3) is 5.34. The Morgan fingerprint density at radius 1 is 0.339 bits per heavy atom. The zero-order valence-corrected chi connectivity index (χ0v) is 30.5. The van der Waals surface area contributed by atoms with Crippen LogP contribution in [0.4, 0.5) is 17.1 Å². The van der Waals surface area contributed by atoms with E-state index in [2.05, 4.69) is 175 Å². The zero-order valence-electron chi connectivity index (χ0n) is 31.5. The van der Waals surface area contributed by atoms with Gasteiger partial charge >= 0.3 is 0 Å². The minimum atomic E-state index is 0.467. The minimum Gasteiger partial charge on any atom is -0.455 e. The number of furan rings is 1. The van der Waals surface area contributed by atoms with Gasteiger partial charge in [0.15, 0.2) is 0 Å². The molecule has 11 rings (SSSR count). The molecule has 1 heterocycles. The van der Waals surface area contributed by atoms with E-state index in [4.69, 9.17) is 5.79 Å². The maximum atomic E-state index is 8.69. The topological polar surface area (TPSA) is 16.4 Å². The number of benzene rings is 10. The molecule has 0 aliphatic carbocycles. The summed E-state index contributed by atoms with van der Waals surface area (Å²) in [5, 5.41) is 9.20. The fourth-order valence-electron chi connectivity index (χ4n) is 8.45. The Bertz CT molecular complexity index is 3280. The molecule has 0 fully saturated rings. The van der Waals surface area contributed by atoms with E-state index in [-0.39, 0.29) is 0 Å². The fourth-order valence-corrected chi connectivity index (χ4v) is 8.45. The first kappa shape index (κ1) is 31.0. The van der Waals surface area contributed by atoms with Crippen molar-refractivity contribution < 1.29 is 5.79 Å². The van der Waals surface area contributed by atoms with Gasteiger partial charge in [0.25, 0.3) is 0 Å². The molecule has 0 unspecified atom stereocenters. The third-order valence-electron chi connectivity index (χ3n) is 11.2. The van der Waals surface area contributed by atoms with E-state index >= 15 is 0 Å². The molecular formula is C54H35NO. The summed E-state index contributed by atoms with van der Waals surface area (Å²) in [7, 11) is 0. The Morgan fingerprint density at radius 3 is 1.64 bits per heavy atom. The van der Waals surface area contributed by atoms with Gasteiger partial charge in [-0.3, -0.25) is 0 Å². The van der Waals surface area contributed by atoms with Gasteiger partial charge in [-0.1, -0.05) is 176 Å². The molecule has 262 valence electrons. The number of para-hydroxylation sites is 2. The molecule has 0 amide bonds. The number of fused-ring (bicyclic) bond motifs is 7. The molecule has 56 heavy (non-hydrogen) atoms. The van der Waals surface area contributed by atoms with Gasteiger partial charge in [0.2, 0.25) is 0 Å². The molecule has 1 aromatic heterocycles. The molecule has 0 bridgehead atoms. The smallest absolute Gasteiger partial charge is 0.143 e. The van der Waals surface area contributed by atoms with Crippen LogP contribution in [0.15, 0.2) is 217 Å². The van der Waals surface area contributed by atoms with Crippen LogP contribution in [0.3, 0.4) is 0 Å². The number of hydrogen-bond acceptors (Lipinski definition) is 2. The van der Waals surface area contributed by atoms with Crippen molar-refractivity contribution in [1.82, 2.24) is 0 Å². The van der Waals surface area contributed by atoms with Crippen molar-refractivity contribution in [2.75, 3.05) is 4.90 Å². The van der Waals surface area contributed by atoms with E-state index in [0.717, 1.165) is 55.7 Å². The summed E-state index contributed by atoms with van der Waals surface area (Å²) in [6.45, 7) is 0. The molecule has 2 nitrogen and oxygen atoms in total. The second kappa shape index (κ2) is 13.2. The molecule has 0 aliphatic heterocycles. The summed E-state index contributed by atoms with van der Waals surface area (Å²) < 4.78 is 15.1. The first-order valence-electron chi connectivity index (χ1n) is 19.6. The van der Waals surface area contributed by atoms with Gasteiger partial charge in [0, 0.05) is 33.1 Å². The van der Waals surface area contributed by atoms with Crippen molar-refractivity contribution in [2.24, 2.45) is 0 Å². The summed E-state index contributed by atoms with van der Waals surface area (Å²) in [5.74, 6) is 0. The molecule has 2 heteroatoms. The molecule has 11 aromatic rings. The molecule has 0 aliphatic rings. The van der Waals surface area contributed by atoms with Crippen molar-refractivity contribution in [1.29, 1.82) is 0 Å². The van der Waals surface area contributed by atoms with Crippen molar-refractivity contribution in [2.45, 2.75) is 0 Å². The van der Waals surface area contributed by atoms with Gasteiger partial charge in [-0.05, 0) is 91.1 Å². The predicted molar refractivity (Wildman–Crippen MR) is 237 cm³/mol. The number of nitrogens with zero attached hydrogens (tertiary/aromatic N) is 1. The van der Waals surface area contributed by atoms with Crippen molar-refractivity contribution in [3.63, 3.8) is 0 Å². The van der Waals surface area contributed by atoms with Crippen LogP contribution in [-0.4, -0.2) is 0 Å². The Labute approximate surface area is 326 Å². The van der Waals surface area contributed by atoms with Gasteiger partial charge in [-0.15, -0.1) is 0 Å². The minimum absolute atomic E-state index is 0.467. The highest BCUT2D eigenvalue weighted by Gasteiger charge is 2.18. The first-order chi connectivity index (χ1) is 28.2. The zero-order chi connectivity index (χ0) is 37.9. The maximum absolute atomic E-state index is 8.69. The highest BCUT2D eigenvalue weighted by Crippen LogP contribution is 2.43. The molecule has 0 N–H and O–H groups in total. The average Bonchev–Trinajstić information content (AvgIpc) is 3.68. The highest BCUT2D eigenvalue weighted by atomic mass is 16.3. The van der Waals surface area contributed by atoms with E-state index in [9.17, 15) is 0 Å². The monoisotopic (exact) mass is 714 g/mol. The summed E-state index contributed by atoms with van der Waals surface area (Å²) in [4.78, 5) is 2.36. The van der Waals surface area contributed by atoms with Crippen LogP contribution in [0.5, 0.6) is 0 Å². The lowest BCUT2D eigenvalue weighted by molar-refractivity contribution is 0.670. The van der Waals surface area contributed by atoms with E-state index in [0.29, 0.717) is 6.04 Å². The summed E-state index contributed by atoms with van der Waals surface area (Å²) in [6.07, 6.45) is 0. The SMILES string of the molecule is [2H]c1ccc(-c2ccc(N(c3ccc(-c4ccc(-c5cccc6ccccc56)cc4)cc3)c3cccc4c3ccc3ccccc34)cc2)c2oc3ccccc3c12. The van der Waals surface area contributed by atoms with Crippen LogP contribution >= 0.6 is 0 Å². The van der Waals surface area contributed by atoms with Gasteiger partial charge < -0.3 is 9.32 Å². The molecule has 0 atom stereocenters. The second-order valence-electron chi connectivity index (χ2n) is 14.4. The summed E-state index contributed by atoms with van der Waals surface area (Å²) in [5.41, 5.74) is 11.6. The van der Waals surface area contributed by atoms with E-state index < -0.39 is 0 Å². The first-order valence-corrected chi connectivity index (χ1v) is 19.1. The van der Waals surface area contributed by atoms with Crippen LogP contribution in [-0.2, 0) is 0 Å². The van der Waals surface area contributed by atoms with Crippen LogP contribution < -0.4 is 4.90 Å². The van der Waals surface area contributed by atoms with E-state index in [1.54, 1.807) is 0 Å². The summed E-state index contributed by atoms with van der Waals surface area (Å²) >= 11 is 0. The van der Waals surface area contributed by atoms with Gasteiger partial charge in [0.1, 0.15) is 11.2 Å². The molecule has 0 saturated carbocycles. The number of rotatable bonds is 6. The average molecular weight is 715 g/mol. The van der Waals surface area contributed by atoms with Gasteiger partial charge in [0.05, 0.1) is 7.06 Å². The Hall–Kier alpha value is -7.42. The standard InChI is InChI=1S/C54H35NO/c1-3-13-44-38(10-1)12-7-16-45(44)40-24-22-36(23-25-40)37-26-31-42(32-27-37)55(52-20-9-18-48-46-14-4-2-11-39(46)30-35-49(48)52)43-33-28-41(29-34-43)47-17-8-19-51-50-15-5-6-21-53(50)56-54(47)51/h1-35H/i19D. The third-order valence-corrected chi connectivity index (χ3v) is 11.2. The Balaban J connectivity index is 1.00. The van der Waals surface area contributed by atoms with E-state index in [1.165, 1.54) is 49.0 Å². The number of anilines is 3. The maximum Gasteiger partial charge on any atom is 0.143 e. The van der Waals surface area contributed by atoms with Crippen LogP contribution in [0.25, 0.3) is 87.6 Å². The molecule has 0 spiro atoms. The van der Waals surface area contributed by atoms with Crippen molar-refractivity contribution in [3.8, 4) is 33.4 Å². The van der Waals surface area contributed by atoms with Crippen LogP contribution in [0.1, 0.15) is 1.37 Å². The van der Waals surface area contributed by atoms with Crippen LogP contribution in [0, 0.1) is 0 Å². The predicted octanol–water partition coefficient (Wildman–Crippen LogP) is 15.5. The lowest BCUT2D eigenvalue weighted by Gasteiger charge is -2.27. The molecule has 10 aromatic carbocycles. The molecular weight excluding hydrogens is 679 g/mol. The highest BCUT2D eigenvalue weighted by molar-refractivity contribution is 6.13. The molecule has 0 radical (unpaired) electrons. The Morgan fingerprint density at radius 2 is 0.875 bits per heavy atom. The lowest BCUT2D eigenvalue weighted by atomic mass is 9.96. The van der Waals surface area contributed by atoms with E-state index in [1.807, 2.05) is 36.4 Å². The van der Waals surface area contributed by atoms with Crippen molar-refractivity contribution >= 4 is 71.3 Å². The quantitative estimate of drug-likeness (QED) is 0.159. The second-order valence-corrected chi connectivity index (χ2v) is 14.4. The van der Waals surface area contributed by atoms with Crippen LogP contribution in [0.2, 0.25) is 0 Å². The van der Waals surface area contributed by atoms with Crippen molar-refractivity contribution in [3.05, 3.63) is 212 Å². The van der Waals surface area contributed by atoms with Gasteiger partial charge in [-0.2, -0.15) is 0 Å². The number of hydrogen-bond donors (Lipinski definition) is 0. The normalized spacial score (nSPS) is 11.8. The fraction of sp³-hybridized carbons (Fsp3) is 0. The molecule has 0 saturated heterocycles.